The van der Waals surface area contributed by atoms with Gasteiger partial charge in [-0.15, -0.1) is 0 Å². The topological polar surface area (TPSA) is 83.6 Å². The monoisotopic (exact) mass is 276 g/mol. The maximum atomic E-state index is 12.1. The molecule has 5 nitrogen and oxygen atoms in total. The van der Waals surface area contributed by atoms with Gasteiger partial charge in [-0.3, -0.25) is 9.59 Å². The largest absolute Gasteiger partial charge is 0.481 e. The maximum Gasteiger partial charge on any atom is 0.303 e. The van der Waals surface area contributed by atoms with Crippen molar-refractivity contribution >= 4 is 23.6 Å². The first-order chi connectivity index (χ1) is 8.40. The van der Waals surface area contributed by atoms with Gasteiger partial charge >= 0.3 is 5.97 Å². The average Bonchev–Trinajstić information content (AvgIpc) is 2.30. The Bertz CT molecular complexity index is 272. The standard InChI is InChI=1S/C12H24N2O3S/c1-9(2)14(7-4-5-11(15)16)12(17)10(13)6-8-18-3/h9-10H,4-8,13H2,1-3H3,(H,15,16)/t10-/m0/s1. The fraction of sp³-hybridized carbons (Fsp3) is 0.833. The first kappa shape index (κ1) is 17.2. The number of thioether (sulfide) groups is 1. The molecule has 0 aromatic carbocycles. The number of hydrogen-bond acceptors (Lipinski definition) is 4. The van der Waals surface area contributed by atoms with Crippen molar-refractivity contribution in [1.82, 2.24) is 4.90 Å². The Kier molecular flexibility index (Phi) is 8.83. The van der Waals surface area contributed by atoms with E-state index in [0.29, 0.717) is 19.4 Å². The van der Waals surface area contributed by atoms with Crippen molar-refractivity contribution in [3.63, 3.8) is 0 Å². The molecule has 0 aliphatic rings. The normalized spacial score (nSPS) is 12.5. The minimum atomic E-state index is -0.835. The molecule has 0 radical (unpaired) electrons. The van der Waals surface area contributed by atoms with Crippen LogP contribution in [0.15, 0.2) is 0 Å². The molecule has 1 amide bonds. The Morgan fingerprint density at radius 1 is 1.39 bits per heavy atom. The lowest BCUT2D eigenvalue weighted by molar-refractivity contribution is -0.139. The highest BCUT2D eigenvalue weighted by Gasteiger charge is 2.22. The Morgan fingerprint density at radius 2 is 2.00 bits per heavy atom. The average molecular weight is 276 g/mol. The van der Waals surface area contributed by atoms with Crippen LogP contribution in [0.2, 0.25) is 0 Å². The van der Waals surface area contributed by atoms with E-state index in [9.17, 15) is 9.59 Å². The number of amides is 1. The molecule has 1 atom stereocenters. The van der Waals surface area contributed by atoms with Crippen LogP contribution in [0.25, 0.3) is 0 Å². The number of aliphatic carboxylic acids is 1. The zero-order valence-corrected chi connectivity index (χ0v) is 12.2. The molecule has 0 aromatic rings. The van der Waals surface area contributed by atoms with E-state index in [1.807, 2.05) is 20.1 Å². The minimum Gasteiger partial charge on any atom is -0.481 e. The highest BCUT2D eigenvalue weighted by atomic mass is 32.2. The summed E-state index contributed by atoms with van der Waals surface area (Å²) in [6.45, 7) is 4.29. The van der Waals surface area contributed by atoms with E-state index >= 15 is 0 Å². The van der Waals surface area contributed by atoms with Gasteiger partial charge in [0, 0.05) is 19.0 Å². The van der Waals surface area contributed by atoms with Crippen LogP contribution in [0.1, 0.15) is 33.1 Å². The fourth-order valence-corrected chi connectivity index (χ4v) is 2.09. The molecule has 0 aliphatic carbocycles. The highest BCUT2D eigenvalue weighted by molar-refractivity contribution is 7.98. The number of nitrogens with zero attached hydrogens (tertiary/aromatic N) is 1. The lowest BCUT2D eigenvalue weighted by atomic mass is 10.1. The van der Waals surface area contributed by atoms with E-state index in [-0.39, 0.29) is 18.4 Å². The number of carboxylic acids is 1. The summed E-state index contributed by atoms with van der Waals surface area (Å²) in [5.74, 6) is -0.0594. The second kappa shape index (κ2) is 9.22. The molecule has 0 spiro atoms. The van der Waals surface area contributed by atoms with Crippen LogP contribution in [-0.4, -0.2) is 52.5 Å². The van der Waals surface area contributed by atoms with E-state index in [0.717, 1.165) is 5.75 Å². The van der Waals surface area contributed by atoms with Crippen molar-refractivity contribution < 1.29 is 14.7 Å². The number of carbonyl (C=O) groups is 2. The molecule has 0 fully saturated rings. The van der Waals surface area contributed by atoms with Crippen molar-refractivity contribution in [2.24, 2.45) is 5.73 Å². The van der Waals surface area contributed by atoms with Crippen molar-refractivity contribution in [3.8, 4) is 0 Å². The Balaban J connectivity index is 4.30. The zero-order valence-electron chi connectivity index (χ0n) is 11.4. The lowest BCUT2D eigenvalue weighted by Crippen LogP contribution is -2.47. The molecular formula is C12H24N2O3S. The first-order valence-electron chi connectivity index (χ1n) is 6.17. The van der Waals surface area contributed by atoms with Crippen molar-refractivity contribution in [3.05, 3.63) is 0 Å². The molecule has 0 rings (SSSR count). The van der Waals surface area contributed by atoms with Gasteiger partial charge in [-0.2, -0.15) is 11.8 Å². The zero-order chi connectivity index (χ0) is 14.1. The number of hydrogen-bond donors (Lipinski definition) is 2. The van der Waals surface area contributed by atoms with E-state index in [2.05, 4.69) is 0 Å². The summed E-state index contributed by atoms with van der Waals surface area (Å²) in [4.78, 5) is 24.2. The second-order valence-electron chi connectivity index (χ2n) is 4.51. The molecule has 106 valence electrons. The van der Waals surface area contributed by atoms with E-state index in [1.165, 1.54) is 0 Å². The lowest BCUT2D eigenvalue weighted by Gasteiger charge is -2.29. The predicted octanol–water partition coefficient (Wildman–Crippen LogP) is 1.17. The van der Waals surface area contributed by atoms with Crippen molar-refractivity contribution in [2.45, 2.75) is 45.2 Å². The van der Waals surface area contributed by atoms with Gasteiger partial charge in [-0.25, -0.2) is 0 Å². The summed E-state index contributed by atoms with van der Waals surface area (Å²) in [6.07, 6.45) is 3.18. The van der Waals surface area contributed by atoms with Gasteiger partial charge in [0.15, 0.2) is 0 Å². The molecule has 18 heavy (non-hydrogen) atoms. The molecule has 0 aliphatic heterocycles. The van der Waals surface area contributed by atoms with Gasteiger partial charge in [0.2, 0.25) is 5.91 Å². The number of carboxylic acid groups (broad SMARTS) is 1. The van der Waals surface area contributed by atoms with Gasteiger partial charge < -0.3 is 15.7 Å². The summed E-state index contributed by atoms with van der Waals surface area (Å²) in [7, 11) is 0. The van der Waals surface area contributed by atoms with Gasteiger partial charge in [0.25, 0.3) is 0 Å². The summed E-state index contributed by atoms with van der Waals surface area (Å²) in [5, 5.41) is 8.60. The van der Waals surface area contributed by atoms with Crippen LogP contribution in [-0.2, 0) is 9.59 Å². The maximum absolute atomic E-state index is 12.1. The van der Waals surface area contributed by atoms with Crippen molar-refractivity contribution in [2.75, 3.05) is 18.6 Å². The van der Waals surface area contributed by atoms with Crippen LogP contribution < -0.4 is 5.73 Å². The third kappa shape index (κ3) is 6.86. The highest BCUT2D eigenvalue weighted by Crippen LogP contribution is 2.08. The van der Waals surface area contributed by atoms with Crippen LogP contribution in [0.5, 0.6) is 0 Å². The molecule has 0 saturated heterocycles. The summed E-state index contributed by atoms with van der Waals surface area (Å²) < 4.78 is 0. The summed E-state index contributed by atoms with van der Waals surface area (Å²) in [5.41, 5.74) is 5.85. The van der Waals surface area contributed by atoms with Gasteiger partial charge in [-0.05, 0) is 38.7 Å². The first-order valence-corrected chi connectivity index (χ1v) is 7.56. The van der Waals surface area contributed by atoms with Crippen LogP contribution in [0, 0.1) is 0 Å². The molecule has 3 N–H and O–H groups in total. The molecule has 0 aromatic heterocycles. The Labute approximate surface area is 113 Å². The quantitative estimate of drug-likeness (QED) is 0.660. The van der Waals surface area contributed by atoms with E-state index < -0.39 is 12.0 Å². The fourth-order valence-electron chi connectivity index (χ4n) is 1.60. The molecule has 0 saturated carbocycles. The van der Waals surface area contributed by atoms with Gasteiger partial charge in [0.1, 0.15) is 0 Å². The molecular weight excluding hydrogens is 252 g/mol. The van der Waals surface area contributed by atoms with Crippen LogP contribution in [0.4, 0.5) is 0 Å². The third-order valence-corrected chi connectivity index (χ3v) is 3.29. The van der Waals surface area contributed by atoms with E-state index in [1.54, 1.807) is 16.7 Å². The summed E-state index contributed by atoms with van der Waals surface area (Å²) >= 11 is 1.66. The third-order valence-electron chi connectivity index (χ3n) is 2.65. The van der Waals surface area contributed by atoms with Crippen LogP contribution >= 0.6 is 11.8 Å². The minimum absolute atomic E-state index is 0.0478. The summed E-state index contributed by atoms with van der Waals surface area (Å²) in [6, 6.07) is -0.434. The number of carbonyl (C=O) groups excluding carboxylic acids is 1. The van der Waals surface area contributed by atoms with Crippen molar-refractivity contribution in [1.29, 1.82) is 0 Å². The Morgan fingerprint density at radius 3 is 2.44 bits per heavy atom. The smallest absolute Gasteiger partial charge is 0.303 e. The second-order valence-corrected chi connectivity index (χ2v) is 5.50. The molecule has 0 bridgehead atoms. The molecule has 0 unspecified atom stereocenters. The SMILES string of the molecule is CSCC[C@H](N)C(=O)N(CCCC(=O)O)C(C)C. The molecule has 6 heteroatoms. The van der Waals surface area contributed by atoms with E-state index in [4.69, 9.17) is 10.8 Å². The number of nitrogens with two attached hydrogens (primary N) is 1. The predicted molar refractivity (Wildman–Crippen MR) is 74.7 cm³/mol. The molecule has 0 heterocycles. The van der Waals surface area contributed by atoms with Gasteiger partial charge in [0.05, 0.1) is 6.04 Å². The Hall–Kier alpha value is -0.750. The van der Waals surface area contributed by atoms with Crippen LogP contribution in [0.3, 0.4) is 0 Å². The number of rotatable bonds is 9. The van der Waals surface area contributed by atoms with Gasteiger partial charge in [-0.1, -0.05) is 0 Å².